The molecule has 1 heterocycles. The molecule has 0 aliphatic carbocycles. The average Bonchev–Trinajstić information content (AvgIpc) is 2.89. The second kappa shape index (κ2) is 11.1. The van der Waals surface area contributed by atoms with Crippen molar-refractivity contribution in [1.29, 1.82) is 0 Å². The van der Waals surface area contributed by atoms with Gasteiger partial charge in [-0.25, -0.2) is 4.68 Å². The van der Waals surface area contributed by atoms with Gasteiger partial charge in [0, 0.05) is 6.54 Å². The molecule has 0 aliphatic heterocycles. The predicted octanol–water partition coefficient (Wildman–Crippen LogP) is 4.87. The number of fused-ring (bicyclic) bond motifs is 1. The number of aliphatic carboxylic acids is 1. The minimum absolute atomic E-state index is 0.00469. The summed E-state index contributed by atoms with van der Waals surface area (Å²) in [6.45, 7) is 1.84. The van der Waals surface area contributed by atoms with E-state index in [0.29, 0.717) is 22.9 Å². The Bertz CT molecular complexity index is 1480. The van der Waals surface area contributed by atoms with E-state index in [2.05, 4.69) is 10.3 Å². The Kier molecular flexibility index (Phi) is 7.91. The van der Waals surface area contributed by atoms with E-state index in [0.717, 1.165) is 33.5 Å². The Morgan fingerprint density at radius 3 is 2.21 bits per heavy atom. The van der Waals surface area contributed by atoms with Gasteiger partial charge in [0.1, 0.15) is 5.52 Å². The summed E-state index contributed by atoms with van der Waals surface area (Å²) in [7, 11) is 0. The monoisotopic (exact) mass is 525 g/mol. The summed E-state index contributed by atoms with van der Waals surface area (Å²) in [5, 5.41) is 28.6. The molecule has 0 bridgehead atoms. The molecule has 0 aliphatic rings. The van der Waals surface area contributed by atoms with Crippen molar-refractivity contribution in [2.45, 2.75) is 45.0 Å². The number of alkyl halides is 3. The quantitative estimate of drug-likeness (QED) is 0.323. The third-order valence-corrected chi connectivity index (χ3v) is 6.54. The fourth-order valence-electron chi connectivity index (χ4n) is 4.31. The highest BCUT2D eigenvalue weighted by molar-refractivity contribution is 5.77. The molecule has 1 aromatic heterocycles. The Hall–Kier alpha value is -4.05. The zero-order valence-electron chi connectivity index (χ0n) is 20.5. The first-order chi connectivity index (χ1) is 18.0. The summed E-state index contributed by atoms with van der Waals surface area (Å²) in [5.74, 6) is -2.28. The van der Waals surface area contributed by atoms with Crippen molar-refractivity contribution in [3.05, 3.63) is 93.8 Å². The number of hydrogen-bond donors (Lipinski definition) is 2. The Morgan fingerprint density at radius 2 is 1.61 bits per heavy atom. The molecular weight excluding hydrogens is 499 g/mol. The van der Waals surface area contributed by atoms with Crippen molar-refractivity contribution in [3.63, 3.8) is 0 Å². The van der Waals surface area contributed by atoms with Gasteiger partial charge in [0.15, 0.2) is 0 Å². The van der Waals surface area contributed by atoms with E-state index in [-0.39, 0.29) is 24.9 Å². The molecule has 2 unspecified atom stereocenters. The molecule has 3 aromatic carbocycles. The van der Waals surface area contributed by atoms with E-state index < -0.39 is 29.7 Å². The highest BCUT2D eigenvalue weighted by Crippen LogP contribution is 2.31. The fraction of sp³-hybridized carbons (Fsp3) is 0.286. The molecule has 4 aromatic rings. The number of carbonyl (C=O) groups is 1. The minimum atomic E-state index is -4.39. The summed E-state index contributed by atoms with van der Waals surface area (Å²) in [5.41, 5.74) is 2.48. The van der Waals surface area contributed by atoms with Crippen LogP contribution in [0.3, 0.4) is 0 Å². The van der Waals surface area contributed by atoms with E-state index in [1.165, 1.54) is 12.1 Å². The van der Waals surface area contributed by atoms with Crippen molar-refractivity contribution in [2.75, 3.05) is 0 Å². The van der Waals surface area contributed by atoms with Gasteiger partial charge < -0.3 is 10.2 Å². The standard InChI is InChI=1S/C28H26F3N3O4/c1-17-2-12-24-23(16-17)26(36)34(33-32-24)15-14-22(27(37)38)25(35)13-5-18-3-6-19(7-4-18)20-8-10-21(11-9-20)28(29,30)31/h2-4,6-12,16,22,25,35H,5,13-15H2,1H3,(H,37,38). The summed E-state index contributed by atoms with van der Waals surface area (Å²) < 4.78 is 39.4. The number of rotatable bonds is 9. The third-order valence-electron chi connectivity index (χ3n) is 6.54. The van der Waals surface area contributed by atoms with Gasteiger partial charge in [0.05, 0.1) is 23.0 Å². The number of aliphatic hydroxyl groups excluding tert-OH is 1. The van der Waals surface area contributed by atoms with Crippen molar-refractivity contribution in [2.24, 2.45) is 5.92 Å². The lowest BCUT2D eigenvalue weighted by molar-refractivity contribution is -0.146. The van der Waals surface area contributed by atoms with Crippen LogP contribution in [-0.2, 0) is 23.9 Å². The van der Waals surface area contributed by atoms with Crippen LogP contribution in [0.5, 0.6) is 0 Å². The second-order valence-corrected chi connectivity index (χ2v) is 9.25. The van der Waals surface area contributed by atoms with Crippen LogP contribution in [0.15, 0.2) is 71.5 Å². The molecule has 38 heavy (non-hydrogen) atoms. The minimum Gasteiger partial charge on any atom is -0.481 e. The van der Waals surface area contributed by atoms with E-state index in [1.54, 1.807) is 36.4 Å². The van der Waals surface area contributed by atoms with Gasteiger partial charge in [-0.15, -0.1) is 5.10 Å². The summed E-state index contributed by atoms with van der Waals surface area (Å²) in [6.07, 6.45) is -4.99. The second-order valence-electron chi connectivity index (χ2n) is 9.25. The zero-order chi connectivity index (χ0) is 27.4. The molecule has 0 saturated heterocycles. The molecule has 0 radical (unpaired) electrons. The maximum atomic E-state index is 12.8. The largest absolute Gasteiger partial charge is 0.481 e. The Labute approximate surface area is 216 Å². The number of halogens is 3. The van der Waals surface area contributed by atoms with Crippen molar-refractivity contribution >= 4 is 16.9 Å². The van der Waals surface area contributed by atoms with E-state index in [9.17, 15) is 33.0 Å². The lowest BCUT2D eigenvalue weighted by Gasteiger charge is -2.19. The lowest BCUT2D eigenvalue weighted by atomic mass is 9.93. The van der Waals surface area contributed by atoms with Crippen LogP contribution < -0.4 is 5.56 Å². The number of aliphatic hydroxyl groups is 1. The van der Waals surface area contributed by atoms with E-state index in [1.807, 2.05) is 13.0 Å². The van der Waals surface area contributed by atoms with Gasteiger partial charge >= 0.3 is 12.1 Å². The van der Waals surface area contributed by atoms with Gasteiger partial charge in [-0.3, -0.25) is 9.59 Å². The molecule has 0 saturated carbocycles. The van der Waals surface area contributed by atoms with Crippen LogP contribution in [-0.4, -0.2) is 37.3 Å². The number of aryl methyl sites for hydroxylation is 3. The normalized spacial score (nSPS) is 13.4. The van der Waals surface area contributed by atoms with Gasteiger partial charge in [0.2, 0.25) is 0 Å². The highest BCUT2D eigenvalue weighted by atomic mass is 19.4. The number of nitrogens with zero attached hydrogens (tertiary/aromatic N) is 3. The zero-order valence-corrected chi connectivity index (χ0v) is 20.5. The summed E-state index contributed by atoms with van der Waals surface area (Å²) in [6, 6.07) is 17.2. The van der Waals surface area contributed by atoms with Gasteiger partial charge in [-0.1, -0.05) is 53.2 Å². The SMILES string of the molecule is Cc1ccc2nnn(CCC(C(=O)O)C(O)CCc3ccc(-c4ccc(C(F)(F)F)cc4)cc3)c(=O)c2c1. The molecule has 2 N–H and O–H groups in total. The fourth-order valence-corrected chi connectivity index (χ4v) is 4.31. The van der Waals surface area contributed by atoms with E-state index >= 15 is 0 Å². The number of carboxylic acid groups (broad SMARTS) is 1. The molecule has 2 atom stereocenters. The molecule has 10 heteroatoms. The van der Waals surface area contributed by atoms with Crippen LogP contribution in [0, 0.1) is 12.8 Å². The number of hydrogen-bond acceptors (Lipinski definition) is 5. The predicted molar refractivity (Wildman–Crippen MR) is 135 cm³/mol. The molecule has 0 spiro atoms. The first kappa shape index (κ1) is 27.0. The molecule has 7 nitrogen and oxygen atoms in total. The van der Waals surface area contributed by atoms with Crippen LogP contribution in [0.2, 0.25) is 0 Å². The van der Waals surface area contributed by atoms with Crippen molar-refractivity contribution < 1.29 is 28.2 Å². The molecule has 4 rings (SSSR count). The maximum Gasteiger partial charge on any atom is 0.416 e. The van der Waals surface area contributed by atoms with Crippen molar-refractivity contribution in [3.8, 4) is 11.1 Å². The number of carboxylic acids is 1. The first-order valence-electron chi connectivity index (χ1n) is 12.0. The Morgan fingerprint density at radius 1 is 0.974 bits per heavy atom. The number of aromatic nitrogens is 3. The third kappa shape index (κ3) is 6.25. The summed E-state index contributed by atoms with van der Waals surface area (Å²) in [4.78, 5) is 24.6. The lowest BCUT2D eigenvalue weighted by Crippen LogP contribution is -2.32. The van der Waals surface area contributed by atoms with Crippen molar-refractivity contribution in [1.82, 2.24) is 15.0 Å². The first-order valence-corrected chi connectivity index (χ1v) is 12.0. The van der Waals surface area contributed by atoms with Gasteiger partial charge in [0.25, 0.3) is 5.56 Å². The number of benzene rings is 3. The molecule has 198 valence electrons. The topological polar surface area (TPSA) is 105 Å². The maximum absolute atomic E-state index is 12.8. The van der Waals surface area contributed by atoms with E-state index in [4.69, 9.17) is 0 Å². The highest BCUT2D eigenvalue weighted by Gasteiger charge is 2.30. The van der Waals surface area contributed by atoms with Crippen LogP contribution >= 0.6 is 0 Å². The van der Waals surface area contributed by atoms with Crippen LogP contribution in [0.1, 0.15) is 29.5 Å². The van der Waals surface area contributed by atoms with Gasteiger partial charge in [-0.2, -0.15) is 13.2 Å². The molecule has 0 fully saturated rings. The van der Waals surface area contributed by atoms with Crippen LogP contribution in [0.25, 0.3) is 22.0 Å². The smallest absolute Gasteiger partial charge is 0.416 e. The van der Waals surface area contributed by atoms with Gasteiger partial charge in [-0.05, 0) is 67.1 Å². The van der Waals surface area contributed by atoms with Crippen LogP contribution in [0.4, 0.5) is 13.2 Å². The average molecular weight is 526 g/mol. The summed E-state index contributed by atoms with van der Waals surface area (Å²) >= 11 is 0. The molecule has 0 amide bonds. The Balaban J connectivity index is 1.37. The molecular formula is C28H26F3N3O4.